The van der Waals surface area contributed by atoms with Crippen molar-refractivity contribution in [3.63, 3.8) is 0 Å². The zero-order valence-electron chi connectivity index (χ0n) is 21.2. The van der Waals surface area contributed by atoms with Crippen LogP contribution in [0.5, 0.6) is 23.0 Å². The van der Waals surface area contributed by atoms with Crippen molar-refractivity contribution in [1.82, 2.24) is 9.55 Å². The Hall–Kier alpha value is -4.22. The molecule has 0 saturated heterocycles. The first-order valence-electron chi connectivity index (χ1n) is 12.4. The molecule has 1 aliphatic heterocycles. The second-order valence-electron chi connectivity index (χ2n) is 9.29. The molecule has 192 valence electrons. The van der Waals surface area contributed by atoms with Crippen LogP contribution in [0.25, 0.3) is 27.6 Å². The van der Waals surface area contributed by atoms with Crippen LogP contribution in [0.4, 0.5) is 5.69 Å². The van der Waals surface area contributed by atoms with E-state index in [-0.39, 0.29) is 21.1 Å². The first-order chi connectivity index (χ1) is 18.6. The first-order valence-corrected chi connectivity index (χ1v) is 12.4. The predicted octanol–water partition coefficient (Wildman–Crippen LogP) is 5.80. The third kappa shape index (κ3) is 4.53. The summed E-state index contributed by atoms with van der Waals surface area (Å²) in [6, 6.07) is 36.5. The Balaban J connectivity index is 0.00000277. The molecule has 7 rings (SSSR count). The van der Waals surface area contributed by atoms with Crippen molar-refractivity contribution in [1.29, 1.82) is 0 Å². The summed E-state index contributed by atoms with van der Waals surface area (Å²) in [6.07, 6.45) is 1.83. The summed E-state index contributed by atoms with van der Waals surface area (Å²) in [4.78, 5) is 6.76. The van der Waals surface area contributed by atoms with Gasteiger partial charge in [-0.2, -0.15) is 18.2 Å². The molecule has 0 unspecified atom stereocenters. The molecular formula is C31H22BN3O3Pt. The maximum Gasteiger partial charge on any atom is 2.00 e. The predicted molar refractivity (Wildman–Crippen MR) is 150 cm³/mol. The maximum atomic E-state index is 6.25. The molecule has 39 heavy (non-hydrogen) atoms. The Bertz CT molecular complexity index is 1800. The summed E-state index contributed by atoms with van der Waals surface area (Å²) in [5.74, 6) is 3.39. The number of hydrogen-bond acceptors (Lipinski definition) is 5. The Kier molecular flexibility index (Phi) is 6.53. The second kappa shape index (κ2) is 10.2. The van der Waals surface area contributed by atoms with Gasteiger partial charge in [-0.3, -0.25) is 0 Å². The van der Waals surface area contributed by atoms with Crippen molar-refractivity contribution in [2.24, 2.45) is 0 Å². The molecule has 4 aromatic carbocycles. The molecule has 6 nitrogen and oxygen atoms in total. The van der Waals surface area contributed by atoms with Gasteiger partial charge in [0.2, 0.25) is 0 Å². The molecule has 0 atom stereocenters. The molecule has 3 heterocycles. The number of benzene rings is 4. The van der Waals surface area contributed by atoms with Crippen molar-refractivity contribution in [2.45, 2.75) is 0 Å². The SMILES string of the molecule is CN(C)c1ccnc(-n2c3[c-]c(Oc4[c-]c(B5Oc6ccccc6O5)ccc4)ccc3c3ccccc32)c1.[Pt+2]. The van der Waals surface area contributed by atoms with Crippen LogP contribution < -0.4 is 24.4 Å². The molecular weight excluding hydrogens is 668 g/mol. The number of nitrogens with zero attached hydrogens (tertiary/aromatic N) is 3. The van der Waals surface area contributed by atoms with Gasteiger partial charge in [-0.05, 0) is 29.7 Å². The number of fused-ring (bicyclic) bond motifs is 4. The average molecular weight is 690 g/mol. The smallest absolute Gasteiger partial charge is 0.521 e. The molecule has 0 saturated carbocycles. The van der Waals surface area contributed by atoms with E-state index in [0.717, 1.165) is 50.3 Å². The fourth-order valence-electron chi connectivity index (χ4n) is 4.79. The molecule has 0 aliphatic carbocycles. The Morgan fingerprint density at radius 2 is 1.54 bits per heavy atom. The fourth-order valence-corrected chi connectivity index (χ4v) is 4.79. The zero-order valence-corrected chi connectivity index (χ0v) is 23.5. The minimum Gasteiger partial charge on any atom is -0.521 e. The van der Waals surface area contributed by atoms with E-state index in [1.807, 2.05) is 87.0 Å². The van der Waals surface area contributed by atoms with Gasteiger partial charge in [-0.15, -0.1) is 29.7 Å². The van der Waals surface area contributed by atoms with Crippen LogP contribution in [-0.2, 0) is 21.1 Å². The average Bonchev–Trinajstić information content (AvgIpc) is 3.52. The molecule has 1 aliphatic rings. The van der Waals surface area contributed by atoms with Gasteiger partial charge in [0.15, 0.2) is 0 Å². The van der Waals surface area contributed by atoms with Crippen LogP contribution in [0.1, 0.15) is 0 Å². The summed E-state index contributed by atoms with van der Waals surface area (Å²) in [5, 5.41) is 2.21. The van der Waals surface area contributed by atoms with Crippen molar-refractivity contribution < 1.29 is 35.1 Å². The van der Waals surface area contributed by atoms with Crippen LogP contribution in [0.15, 0.2) is 97.2 Å². The van der Waals surface area contributed by atoms with Crippen molar-refractivity contribution in [3.05, 3.63) is 109 Å². The Morgan fingerprint density at radius 1 is 0.795 bits per heavy atom. The first kappa shape index (κ1) is 25.1. The van der Waals surface area contributed by atoms with Gasteiger partial charge in [0.1, 0.15) is 17.3 Å². The largest absolute Gasteiger partial charge is 2.00 e. The standard InChI is InChI=1S/C31H22BN3O3.Pt/c1-34(2)22-16-17-33-31(19-22)35-27-11-4-3-10-25(27)26-15-14-24(20-28(26)35)36-23-9-7-8-21(18-23)32-37-29-12-5-6-13-30(29)38-32;/h3-17,19H,1-2H3;/q-2;+2. The minimum atomic E-state index is -0.569. The van der Waals surface area contributed by atoms with E-state index in [0.29, 0.717) is 11.5 Å². The Morgan fingerprint density at radius 3 is 2.33 bits per heavy atom. The summed E-state index contributed by atoms with van der Waals surface area (Å²) >= 11 is 0. The van der Waals surface area contributed by atoms with Gasteiger partial charge in [-0.1, -0.05) is 41.3 Å². The van der Waals surface area contributed by atoms with E-state index >= 15 is 0 Å². The molecule has 0 bridgehead atoms. The Labute approximate surface area is 241 Å². The maximum absolute atomic E-state index is 6.25. The molecule has 0 radical (unpaired) electrons. The number of para-hydroxylation sites is 3. The molecule has 0 spiro atoms. The van der Waals surface area contributed by atoms with Crippen molar-refractivity contribution >= 4 is 40.1 Å². The van der Waals surface area contributed by atoms with Crippen molar-refractivity contribution in [2.75, 3.05) is 19.0 Å². The van der Waals surface area contributed by atoms with Gasteiger partial charge in [0.25, 0.3) is 0 Å². The van der Waals surface area contributed by atoms with E-state index in [2.05, 4.69) is 45.9 Å². The minimum absolute atomic E-state index is 0. The quantitative estimate of drug-likeness (QED) is 0.169. The number of anilines is 1. The van der Waals surface area contributed by atoms with Gasteiger partial charge in [-0.25, -0.2) is 4.98 Å². The molecule has 6 aromatic rings. The monoisotopic (exact) mass is 690 g/mol. The summed E-state index contributed by atoms with van der Waals surface area (Å²) in [6.45, 7) is 0. The fraction of sp³-hybridized carbons (Fsp3) is 0.0645. The van der Waals surface area contributed by atoms with Gasteiger partial charge < -0.3 is 23.5 Å². The molecule has 8 heteroatoms. The number of hydrogen-bond donors (Lipinski definition) is 0. The van der Waals surface area contributed by atoms with Crippen LogP contribution in [0, 0.1) is 12.1 Å². The van der Waals surface area contributed by atoms with Crippen LogP contribution in [0.2, 0.25) is 0 Å². The van der Waals surface area contributed by atoms with E-state index in [1.165, 1.54) is 0 Å². The molecule has 0 amide bonds. The third-order valence-corrected chi connectivity index (χ3v) is 6.61. The third-order valence-electron chi connectivity index (χ3n) is 6.61. The van der Waals surface area contributed by atoms with E-state index < -0.39 is 7.12 Å². The summed E-state index contributed by atoms with van der Waals surface area (Å²) in [5.41, 5.74) is 3.76. The normalized spacial score (nSPS) is 12.0. The molecule has 2 aromatic heterocycles. The number of aromatic nitrogens is 2. The zero-order chi connectivity index (χ0) is 25.6. The number of pyridine rings is 1. The van der Waals surface area contributed by atoms with E-state index in [4.69, 9.17) is 19.0 Å². The van der Waals surface area contributed by atoms with Gasteiger partial charge in [0, 0.05) is 49.1 Å². The summed E-state index contributed by atoms with van der Waals surface area (Å²) in [7, 11) is 3.47. The second-order valence-corrected chi connectivity index (χ2v) is 9.29. The topological polar surface area (TPSA) is 48.8 Å². The number of rotatable bonds is 5. The van der Waals surface area contributed by atoms with Crippen molar-refractivity contribution in [3.8, 4) is 28.8 Å². The van der Waals surface area contributed by atoms with E-state index in [9.17, 15) is 0 Å². The van der Waals surface area contributed by atoms with Crippen LogP contribution >= 0.6 is 0 Å². The molecule has 0 fully saturated rings. The number of ether oxygens (including phenoxy) is 1. The van der Waals surface area contributed by atoms with E-state index in [1.54, 1.807) is 0 Å². The van der Waals surface area contributed by atoms with Crippen LogP contribution in [0.3, 0.4) is 0 Å². The van der Waals surface area contributed by atoms with Crippen LogP contribution in [-0.4, -0.2) is 30.8 Å². The van der Waals surface area contributed by atoms with Gasteiger partial charge >= 0.3 is 28.2 Å². The summed E-state index contributed by atoms with van der Waals surface area (Å²) < 4.78 is 20.3. The van der Waals surface area contributed by atoms with Gasteiger partial charge in [0.05, 0.1) is 0 Å². The molecule has 0 N–H and O–H groups in total.